The maximum Gasteiger partial charge on any atom is 0.395 e. The largest absolute Gasteiger partial charge is 0.464 e. The number of benzene rings is 2. The zero-order valence-corrected chi connectivity index (χ0v) is 15.6. The molecule has 3 rings (SSSR count). The molecule has 0 amide bonds. The molecule has 2 aromatic carbocycles. The quantitative estimate of drug-likeness (QED) is 0.443. The third-order valence-electron chi connectivity index (χ3n) is 3.59. The van der Waals surface area contributed by atoms with Gasteiger partial charge < -0.3 is 4.74 Å². The van der Waals surface area contributed by atoms with E-state index in [0.29, 0.717) is 26.6 Å². The molecule has 1 aromatic heterocycles. The first-order valence-electron chi connectivity index (χ1n) is 7.19. The molecule has 3 aromatic rings. The molecule has 132 valence electrons. The average Bonchev–Trinajstić information content (AvgIpc) is 2.99. The highest BCUT2D eigenvalue weighted by molar-refractivity contribution is 9.10. The van der Waals surface area contributed by atoms with Gasteiger partial charge in [-0.05, 0) is 39.8 Å². The molecule has 0 bridgehead atoms. The van der Waals surface area contributed by atoms with Crippen molar-refractivity contribution < 1.29 is 18.3 Å². The summed E-state index contributed by atoms with van der Waals surface area (Å²) in [4.78, 5) is 15.3. The maximum atomic E-state index is 14.0. The van der Waals surface area contributed by atoms with Gasteiger partial charge in [0.05, 0.1) is 30.6 Å². The molecule has 0 spiro atoms. The Labute approximate surface area is 159 Å². The number of rotatable bonds is 4. The fourth-order valence-corrected chi connectivity index (χ4v) is 3.82. The zero-order valence-electron chi connectivity index (χ0n) is 13.2. The number of thioether (sulfide) groups is 1. The lowest BCUT2D eigenvalue weighted by atomic mass is 10.0. The fourth-order valence-electron chi connectivity index (χ4n) is 2.46. The maximum absolute atomic E-state index is 14.0. The number of halogens is 3. The van der Waals surface area contributed by atoms with Crippen LogP contribution in [0.25, 0.3) is 16.5 Å². The minimum atomic E-state index is -3.79. The van der Waals surface area contributed by atoms with Crippen molar-refractivity contribution in [1.82, 2.24) is 9.55 Å². The van der Waals surface area contributed by atoms with E-state index >= 15 is 0 Å². The first-order valence-corrected chi connectivity index (χ1v) is 8.80. The Morgan fingerprint density at radius 2 is 2.00 bits per heavy atom. The lowest BCUT2D eigenvalue weighted by Crippen LogP contribution is -2.26. The molecular weight excluding hydrogens is 428 g/mol. The molecule has 9 heteroatoms. The van der Waals surface area contributed by atoms with Gasteiger partial charge in [0, 0.05) is 10.8 Å². The second-order valence-corrected chi connectivity index (χ2v) is 6.99. The summed E-state index contributed by atoms with van der Waals surface area (Å²) in [7, 11) is 0.896. The average molecular weight is 438 g/mol. The van der Waals surface area contributed by atoms with Gasteiger partial charge in [-0.25, -0.2) is 9.78 Å². The fraction of sp³-hybridized carbons (Fsp3) is 0.118. The van der Waals surface area contributed by atoms with Crippen molar-refractivity contribution in [2.45, 2.75) is 10.4 Å². The second-order valence-electron chi connectivity index (χ2n) is 5.10. The number of aromatic nitrogens is 2. The van der Waals surface area contributed by atoms with Gasteiger partial charge >= 0.3 is 11.2 Å². The highest BCUT2D eigenvalue weighted by Gasteiger charge is 2.43. The van der Waals surface area contributed by atoms with Crippen LogP contribution in [0.4, 0.5) is 8.78 Å². The number of esters is 1. The van der Waals surface area contributed by atoms with Crippen molar-refractivity contribution in [1.29, 1.82) is 5.26 Å². The van der Waals surface area contributed by atoms with Crippen LogP contribution in [0.2, 0.25) is 0 Å². The van der Waals surface area contributed by atoms with E-state index in [1.807, 2.05) is 0 Å². The van der Waals surface area contributed by atoms with Crippen molar-refractivity contribution in [3.63, 3.8) is 0 Å². The van der Waals surface area contributed by atoms with Gasteiger partial charge in [0.25, 0.3) is 0 Å². The summed E-state index contributed by atoms with van der Waals surface area (Å²) in [5, 5.41) is 6.76. The Balaban J connectivity index is 2.18. The van der Waals surface area contributed by atoms with Gasteiger partial charge in [-0.2, -0.15) is 14.0 Å². The van der Waals surface area contributed by atoms with Gasteiger partial charge in [-0.1, -0.05) is 24.3 Å². The van der Waals surface area contributed by atoms with Crippen LogP contribution in [0, 0.1) is 11.3 Å². The normalized spacial score (nSPS) is 11.3. The predicted molar refractivity (Wildman–Crippen MR) is 96.3 cm³/mol. The van der Waals surface area contributed by atoms with Crippen LogP contribution in [0.3, 0.4) is 0 Å². The van der Waals surface area contributed by atoms with Crippen LogP contribution in [0.5, 0.6) is 0 Å². The number of methoxy groups -OCH3 is 1. The molecule has 0 aliphatic carbocycles. The van der Waals surface area contributed by atoms with Crippen LogP contribution in [-0.4, -0.2) is 27.9 Å². The van der Waals surface area contributed by atoms with E-state index in [4.69, 9.17) is 0 Å². The Kier molecular flexibility index (Phi) is 4.98. The van der Waals surface area contributed by atoms with Crippen molar-refractivity contribution in [3.05, 3.63) is 52.8 Å². The second kappa shape index (κ2) is 7.05. The van der Waals surface area contributed by atoms with Crippen molar-refractivity contribution in [2.75, 3.05) is 7.11 Å². The van der Waals surface area contributed by atoms with E-state index in [2.05, 4.69) is 31.7 Å². The number of nitrogens with zero attached hydrogens (tertiary/aromatic N) is 3. The topological polar surface area (TPSA) is 67.9 Å². The van der Waals surface area contributed by atoms with E-state index < -0.39 is 11.2 Å². The number of hydrogen-bond acceptors (Lipinski definition) is 5. The summed E-state index contributed by atoms with van der Waals surface area (Å²) in [5.41, 5.74) is 1.02. The number of imidazole rings is 1. The summed E-state index contributed by atoms with van der Waals surface area (Å²) >= 11 is 3.29. The third-order valence-corrected chi connectivity index (χ3v) is 5.04. The molecule has 0 fully saturated rings. The van der Waals surface area contributed by atoms with Gasteiger partial charge in [-0.3, -0.25) is 4.57 Å². The van der Waals surface area contributed by atoms with Crippen LogP contribution in [0.15, 0.2) is 52.4 Å². The summed E-state index contributed by atoms with van der Waals surface area (Å²) in [6.07, 6.45) is 1.36. The zero-order chi connectivity index (χ0) is 18.9. The molecule has 0 N–H and O–H groups in total. The Morgan fingerprint density at radius 1 is 1.31 bits per heavy atom. The first-order chi connectivity index (χ1) is 12.4. The predicted octanol–water partition coefficient (Wildman–Crippen LogP) is 4.52. The first kappa shape index (κ1) is 18.4. The molecule has 0 aliphatic heterocycles. The molecule has 0 aliphatic rings. The van der Waals surface area contributed by atoms with Crippen molar-refractivity contribution in [3.8, 4) is 11.8 Å². The number of alkyl halides is 2. The van der Waals surface area contributed by atoms with E-state index in [9.17, 15) is 18.8 Å². The molecular formula is C17H10BrF2N3O2S. The van der Waals surface area contributed by atoms with Crippen molar-refractivity contribution >= 4 is 44.4 Å². The lowest BCUT2D eigenvalue weighted by molar-refractivity contribution is -0.156. The van der Waals surface area contributed by atoms with Crippen LogP contribution in [0.1, 0.15) is 5.56 Å². The molecule has 0 saturated carbocycles. The number of carbonyl (C=O) groups excluding carboxylic acids is 1. The van der Waals surface area contributed by atoms with E-state index in [0.717, 1.165) is 7.11 Å². The number of carbonyl (C=O) groups is 1. The Bertz CT molecular complexity index is 1050. The van der Waals surface area contributed by atoms with Crippen LogP contribution < -0.4 is 0 Å². The monoisotopic (exact) mass is 437 g/mol. The van der Waals surface area contributed by atoms with Gasteiger partial charge in [0.1, 0.15) is 4.60 Å². The minimum Gasteiger partial charge on any atom is -0.464 e. The molecule has 0 atom stereocenters. The summed E-state index contributed by atoms with van der Waals surface area (Å²) < 4.78 is 34.1. The molecule has 0 saturated heterocycles. The molecule has 1 heterocycles. The summed E-state index contributed by atoms with van der Waals surface area (Å²) in [6.45, 7) is 0. The molecule has 5 nitrogen and oxygen atoms in total. The van der Waals surface area contributed by atoms with Crippen LogP contribution in [-0.2, 0) is 9.53 Å². The number of fused-ring (bicyclic) bond motifs is 1. The smallest absolute Gasteiger partial charge is 0.395 e. The third kappa shape index (κ3) is 3.18. The standard InChI is InChI=1S/C17H10BrF2N3O2S/c1-25-15(24)17(19,20)26-16-22-9-14(18)23(16)13-7-6-10(8-21)11-4-2-3-5-12(11)13/h2-7,9H,1H3. The molecule has 26 heavy (non-hydrogen) atoms. The van der Waals surface area contributed by atoms with Crippen LogP contribution >= 0.6 is 27.7 Å². The summed E-state index contributed by atoms with van der Waals surface area (Å²) in [6, 6.07) is 12.5. The minimum absolute atomic E-state index is 0.0117. The SMILES string of the molecule is COC(=O)C(F)(F)Sc1ncc(Br)n1-c1ccc(C#N)c2ccccc12. The van der Waals surface area contributed by atoms with E-state index in [1.165, 1.54) is 10.8 Å². The lowest BCUT2D eigenvalue weighted by Gasteiger charge is -2.16. The highest BCUT2D eigenvalue weighted by Crippen LogP contribution is 2.39. The van der Waals surface area contributed by atoms with E-state index in [-0.39, 0.29) is 16.9 Å². The molecule has 0 unspecified atom stereocenters. The number of ether oxygens (including phenoxy) is 1. The molecule has 0 radical (unpaired) electrons. The number of nitriles is 1. The Morgan fingerprint density at radius 3 is 2.65 bits per heavy atom. The summed E-state index contributed by atoms with van der Waals surface area (Å²) in [5.74, 6) is -1.65. The Hall–Kier alpha value is -2.44. The highest BCUT2D eigenvalue weighted by atomic mass is 79.9. The van der Waals surface area contributed by atoms with E-state index in [1.54, 1.807) is 36.4 Å². The van der Waals surface area contributed by atoms with Gasteiger partial charge in [-0.15, -0.1) is 0 Å². The van der Waals surface area contributed by atoms with Crippen molar-refractivity contribution in [2.24, 2.45) is 0 Å². The number of hydrogen-bond donors (Lipinski definition) is 0. The van der Waals surface area contributed by atoms with Gasteiger partial charge in [0.15, 0.2) is 5.16 Å². The van der Waals surface area contributed by atoms with Gasteiger partial charge in [0.2, 0.25) is 0 Å².